The van der Waals surface area contributed by atoms with Crippen molar-refractivity contribution in [2.45, 2.75) is 73.8 Å². The number of thioether (sulfide) groups is 1. The number of nitrogens with zero attached hydrogens (tertiary/aromatic N) is 1. The summed E-state index contributed by atoms with van der Waals surface area (Å²) in [6.07, 6.45) is -3.46. The Labute approximate surface area is 282 Å². The fourth-order valence-corrected chi connectivity index (χ4v) is 7.20. The largest absolute Gasteiger partial charge is 0.508 e. The van der Waals surface area contributed by atoms with Gasteiger partial charge in [0.25, 0.3) is 6.29 Å². The second-order valence-corrected chi connectivity index (χ2v) is 13.6. The number of carboxylic acids is 3. The Hall–Kier alpha value is -5.20. The van der Waals surface area contributed by atoms with Crippen molar-refractivity contribution in [1.82, 2.24) is 10.2 Å². The summed E-state index contributed by atoms with van der Waals surface area (Å²) in [7, 11) is 0. The van der Waals surface area contributed by atoms with Crippen LogP contribution in [0.4, 0.5) is 0 Å². The number of β-lactam (4-membered cyclic amide) rings is 1. The van der Waals surface area contributed by atoms with Crippen molar-refractivity contribution >= 4 is 53.4 Å². The molecule has 0 spiro atoms. The smallest absolute Gasteiger partial charge is 0.342 e. The molecule has 3 aliphatic heterocycles. The number of esters is 2. The Morgan fingerprint density at radius 2 is 1.65 bits per heavy atom. The van der Waals surface area contributed by atoms with Gasteiger partial charge in [0.05, 0.1) is 24.8 Å². The summed E-state index contributed by atoms with van der Waals surface area (Å²) in [5.41, 5.74) is 5.07. The van der Waals surface area contributed by atoms with Crippen LogP contribution >= 0.6 is 11.8 Å². The van der Waals surface area contributed by atoms with E-state index in [2.05, 4.69) is 5.32 Å². The summed E-state index contributed by atoms with van der Waals surface area (Å²) in [6, 6.07) is 9.56. The summed E-state index contributed by atoms with van der Waals surface area (Å²) in [5, 5.41) is 45.8. The van der Waals surface area contributed by atoms with Crippen LogP contribution in [0.25, 0.3) is 0 Å². The average molecular weight is 704 g/mol. The number of cyclic esters (lactones) is 1. The third-order valence-electron chi connectivity index (χ3n) is 7.90. The molecule has 3 heterocycles. The number of hydrogen-bond acceptors (Lipinski definition) is 13. The second-order valence-electron chi connectivity index (χ2n) is 11.9. The maximum absolute atomic E-state index is 13.2. The van der Waals surface area contributed by atoms with E-state index in [1.807, 2.05) is 13.8 Å². The number of aliphatic hydroxyl groups is 1. The molecule has 0 saturated carbocycles. The summed E-state index contributed by atoms with van der Waals surface area (Å²) in [6.45, 7) is 3.81. The molecule has 2 fully saturated rings. The Kier molecular flexibility index (Phi) is 10.5. The Balaban J connectivity index is 0.000000355. The van der Waals surface area contributed by atoms with Gasteiger partial charge in [0.1, 0.15) is 23.2 Å². The molecule has 2 amide bonds. The van der Waals surface area contributed by atoms with E-state index in [0.29, 0.717) is 22.3 Å². The van der Waals surface area contributed by atoms with Crippen LogP contribution in [0.2, 0.25) is 0 Å². The Morgan fingerprint density at radius 1 is 1.02 bits per heavy atom. The number of aliphatic carboxylic acids is 3. The first kappa shape index (κ1) is 36.6. The molecule has 17 nitrogen and oxygen atoms in total. The van der Waals surface area contributed by atoms with Crippen LogP contribution in [0.15, 0.2) is 42.5 Å². The molecule has 0 bridgehead atoms. The number of phenols is 1. The van der Waals surface area contributed by atoms with Gasteiger partial charge in [-0.2, -0.15) is 0 Å². The van der Waals surface area contributed by atoms with Crippen molar-refractivity contribution in [3.05, 3.63) is 64.7 Å². The van der Waals surface area contributed by atoms with Crippen molar-refractivity contribution in [1.29, 1.82) is 0 Å². The number of carbonyl (C=O) groups is 7. The van der Waals surface area contributed by atoms with Gasteiger partial charge >= 0.3 is 29.8 Å². The highest BCUT2D eigenvalue weighted by molar-refractivity contribution is 8.01. The molecule has 2 aromatic carbocycles. The van der Waals surface area contributed by atoms with Crippen LogP contribution in [-0.4, -0.2) is 99.9 Å². The SMILES string of the molecule is CC1(C)S[C@@H]2[C@H](NC(=O)Cc3ccc(O)cc3CN)C(=O)N2[C@H]1C(=O)OC1OC(=O)c2ccccc21.O=C(O)CC(O)(CC(=O)O)C(=O)O. The molecule has 8 N–H and O–H groups in total. The molecule has 5 rings (SSSR count). The van der Waals surface area contributed by atoms with Gasteiger partial charge in [-0.15, -0.1) is 11.8 Å². The van der Waals surface area contributed by atoms with Gasteiger partial charge in [0.2, 0.25) is 11.8 Å². The number of ether oxygens (including phenoxy) is 2. The Bertz CT molecular complexity index is 1700. The van der Waals surface area contributed by atoms with E-state index in [-0.39, 0.29) is 30.5 Å². The lowest BCUT2D eigenvalue weighted by Gasteiger charge is -2.44. The lowest BCUT2D eigenvalue weighted by Crippen LogP contribution is -2.70. The number of carbonyl (C=O) groups excluding carboxylic acids is 4. The second kappa shape index (κ2) is 14.1. The summed E-state index contributed by atoms with van der Waals surface area (Å²) < 4.78 is 10.1. The molecule has 0 aliphatic carbocycles. The third kappa shape index (κ3) is 7.76. The molecule has 0 aromatic heterocycles. The normalized spacial score (nSPS) is 21.6. The first-order chi connectivity index (χ1) is 22.9. The van der Waals surface area contributed by atoms with Gasteiger partial charge in [-0.05, 0) is 43.2 Å². The molecular weight excluding hydrogens is 670 g/mol. The maximum atomic E-state index is 13.2. The molecule has 2 saturated heterocycles. The highest BCUT2D eigenvalue weighted by atomic mass is 32.2. The van der Waals surface area contributed by atoms with Crippen LogP contribution in [0.5, 0.6) is 5.75 Å². The number of phenolic OH excluding ortho intramolecular Hbond substituents is 1. The van der Waals surface area contributed by atoms with Gasteiger partial charge < -0.3 is 51.0 Å². The van der Waals surface area contributed by atoms with Crippen LogP contribution in [0, 0.1) is 0 Å². The molecule has 262 valence electrons. The standard InChI is InChI=1S/C25H25N3O7S.C6H8O7/c1-25(2)19(23(33)35-24-16-6-4-3-5-15(16)22(32)34-24)28-20(31)18(21(28)36-25)27-17(30)10-12-7-8-14(29)9-13(12)11-26;7-3(8)1-6(13,5(11)12)2-4(9)10/h3-9,18-19,21,24,29H,10-11,26H2,1-2H3,(H,27,30);13H,1-2H2,(H,7,8)(H,9,10)(H,11,12)/t18-,19+,21-,24?;/m1./s1. The topological polar surface area (TPSA) is 280 Å². The summed E-state index contributed by atoms with van der Waals surface area (Å²) >= 11 is 1.40. The molecule has 4 atom stereocenters. The minimum absolute atomic E-state index is 0.00466. The van der Waals surface area contributed by atoms with Crippen LogP contribution in [-0.2, 0) is 51.2 Å². The first-order valence-electron chi connectivity index (χ1n) is 14.6. The minimum Gasteiger partial charge on any atom is -0.508 e. The molecule has 49 heavy (non-hydrogen) atoms. The van der Waals surface area contributed by atoms with E-state index in [9.17, 15) is 38.7 Å². The lowest BCUT2D eigenvalue weighted by atomic mass is 9.95. The predicted octanol–water partition coefficient (Wildman–Crippen LogP) is 0.104. The lowest BCUT2D eigenvalue weighted by molar-refractivity contribution is -0.180. The molecular formula is C31H33N3O14S. The average Bonchev–Trinajstić information content (AvgIpc) is 3.46. The van der Waals surface area contributed by atoms with E-state index >= 15 is 0 Å². The number of hydrogen-bond donors (Lipinski definition) is 7. The van der Waals surface area contributed by atoms with Crippen molar-refractivity contribution in [2.75, 3.05) is 0 Å². The van der Waals surface area contributed by atoms with E-state index in [1.165, 1.54) is 28.8 Å². The zero-order chi connectivity index (χ0) is 36.4. The Morgan fingerprint density at radius 3 is 2.24 bits per heavy atom. The van der Waals surface area contributed by atoms with Crippen LogP contribution < -0.4 is 11.1 Å². The molecule has 1 unspecified atom stereocenters. The highest BCUT2D eigenvalue weighted by Gasteiger charge is 2.64. The number of rotatable bonds is 11. The number of benzene rings is 2. The molecule has 3 aliphatic rings. The van der Waals surface area contributed by atoms with Crippen molar-refractivity contribution in [2.24, 2.45) is 5.73 Å². The van der Waals surface area contributed by atoms with Gasteiger partial charge in [0, 0.05) is 16.9 Å². The van der Waals surface area contributed by atoms with Gasteiger partial charge in [0.15, 0.2) is 5.60 Å². The van der Waals surface area contributed by atoms with Gasteiger partial charge in [-0.25, -0.2) is 14.4 Å². The van der Waals surface area contributed by atoms with Crippen molar-refractivity contribution < 1.29 is 68.6 Å². The van der Waals surface area contributed by atoms with Gasteiger partial charge in [-0.1, -0.05) is 24.3 Å². The number of nitrogens with one attached hydrogen (secondary N) is 1. The molecule has 2 aromatic rings. The fraction of sp³-hybridized carbons (Fsp3) is 0.387. The third-order valence-corrected chi connectivity index (χ3v) is 9.47. The number of nitrogens with two attached hydrogens (primary N) is 1. The fourth-order valence-electron chi connectivity index (χ4n) is 5.58. The molecule has 18 heteroatoms. The molecule has 0 radical (unpaired) electrons. The van der Waals surface area contributed by atoms with E-state index < -0.39 is 76.8 Å². The van der Waals surface area contributed by atoms with Crippen molar-refractivity contribution in [3.8, 4) is 5.75 Å². The first-order valence-corrected chi connectivity index (χ1v) is 15.5. The van der Waals surface area contributed by atoms with Crippen LogP contribution in [0.1, 0.15) is 60.0 Å². The minimum atomic E-state index is -2.74. The zero-order valence-corrected chi connectivity index (χ0v) is 26.8. The van der Waals surface area contributed by atoms with E-state index in [1.54, 1.807) is 30.3 Å². The van der Waals surface area contributed by atoms with Gasteiger partial charge in [-0.3, -0.25) is 19.2 Å². The highest BCUT2D eigenvalue weighted by Crippen LogP contribution is 2.51. The monoisotopic (exact) mass is 703 g/mol. The summed E-state index contributed by atoms with van der Waals surface area (Å²) in [5.74, 6) is -6.97. The number of fused-ring (bicyclic) bond motifs is 2. The zero-order valence-electron chi connectivity index (χ0n) is 26.0. The quantitative estimate of drug-likeness (QED) is 0.121. The number of aromatic hydroxyl groups is 1. The van der Waals surface area contributed by atoms with E-state index in [4.69, 9.17) is 35.6 Å². The van der Waals surface area contributed by atoms with Crippen LogP contribution in [0.3, 0.4) is 0 Å². The number of amides is 2. The van der Waals surface area contributed by atoms with Crippen molar-refractivity contribution in [3.63, 3.8) is 0 Å². The maximum Gasteiger partial charge on any atom is 0.342 e. The predicted molar refractivity (Wildman–Crippen MR) is 166 cm³/mol. The van der Waals surface area contributed by atoms with E-state index in [0.717, 1.165) is 0 Å². The number of carboxylic acid groups (broad SMARTS) is 3. The summed E-state index contributed by atoms with van der Waals surface area (Å²) in [4.78, 5) is 82.9.